The molecule has 2 aromatic carbocycles. The number of piperidine rings is 1. The summed E-state index contributed by atoms with van der Waals surface area (Å²) in [4.78, 5) is 31.7. The van der Waals surface area contributed by atoms with Gasteiger partial charge in [0.05, 0.1) is 45.1 Å². The Morgan fingerprint density at radius 1 is 1.13 bits per heavy atom. The van der Waals surface area contributed by atoms with Crippen molar-refractivity contribution in [1.29, 1.82) is 0 Å². The van der Waals surface area contributed by atoms with Gasteiger partial charge < -0.3 is 19.1 Å². The number of benzene rings is 2. The Labute approximate surface area is 231 Å². The second kappa shape index (κ2) is 11.4. The van der Waals surface area contributed by atoms with E-state index < -0.39 is 5.41 Å². The minimum atomic E-state index is -0.638. The smallest absolute Gasteiger partial charge is 0.337 e. The van der Waals surface area contributed by atoms with Crippen LogP contribution in [0.25, 0.3) is 0 Å². The average molecular weight is 541 g/mol. The zero-order chi connectivity index (χ0) is 26.2. The van der Waals surface area contributed by atoms with Crippen LogP contribution in [0.2, 0.25) is 0 Å². The summed E-state index contributed by atoms with van der Waals surface area (Å²) in [6, 6.07) is 16.1. The summed E-state index contributed by atoms with van der Waals surface area (Å²) in [6.45, 7) is 4.36. The normalized spacial score (nSPS) is 26.5. The maximum Gasteiger partial charge on any atom is 0.337 e. The Hall–Kier alpha value is -3.03. The van der Waals surface area contributed by atoms with Crippen molar-refractivity contribution >= 4 is 30.0 Å². The third-order valence-corrected chi connectivity index (χ3v) is 8.69. The summed E-state index contributed by atoms with van der Waals surface area (Å²) < 4.78 is 15.9. The molecular weight excluding hydrogens is 504 g/mol. The molecule has 1 amide bonds. The van der Waals surface area contributed by atoms with Crippen molar-refractivity contribution in [2.24, 2.45) is 11.8 Å². The lowest BCUT2D eigenvalue weighted by Crippen LogP contribution is -2.54. The molecule has 0 unspecified atom stereocenters. The number of amides is 1. The lowest BCUT2D eigenvalue weighted by molar-refractivity contribution is -0.137. The minimum absolute atomic E-state index is 0. The van der Waals surface area contributed by atoms with Crippen LogP contribution in [0.3, 0.4) is 0 Å². The van der Waals surface area contributed by atoms with E-state index in [-0.39, 0.29) is 42.2 Å². The highest BCUT2D eigenvalue weighted by atomic mass is 35.5. The first kappa shape index (κ1) is 28.0. The second-order valence-corrected chi connectivity index (χ2v) is 10.3. The van der Waals surface area contributed by atoms with Crippen LogP contribution < -0.4 is 9.64 Å². The molecule has 5 rings (SSSR count). The van der Waals surface area contributed by atoms with Gasteiger partial charge >= 0.3 is 5.97 Å². The first-order valence-electron chi connectivity index (χ1n) is 13.1. The van der Waals surface area contributed by atoms with Crippen molar-refractivity contribution in [3.8, 4) is 5.75 Å². The van der Waals surface area contributed by atoms with Crippen LogP contribution in [-0.4, -0.2) is 57.2 Å². The van der Waals surface area contributed by atoms with Crippen LogP contribution in [0, 0.1) is 11.8 Å². The van der Waals surface area contributed by atoms with Gasteiger partial charge in [-0.2, -0.15) is 0 Å². The van der Waals surface area contributed by atoms with E-state index in [4.69, 9.17) is 14.2 Å². The Morgan fingerprint density at radius 3 is 2.63 bits per heavy atom. The maximum atomic E-state index is 14.5. The van der Waals surface area contributed by atoms with Crippen LogP contribution >= 0.6 is 12.4 Å². The van der Waals surface area contributed by atoms with Gasteiger partial charge in [0.1, 0.15) is 5.75 Å². The molecule has 7 nitrogen and oxygen atoms in total. The number of esters is 1. The standard InChI is InChI=1S/C30H36N2O5.ClH/c1-5-21-18-31-14-13-30(27(31)16-23(21)24(19-35-2)28(33)37-4)25-11-6-7-12-26(25)32(29(30)34)17-20-9-8-10-22(15-20)36-3;/h6-12,15,19,21,23,27H,5,13-14,16-18H2,1-4H3;1H/b24-19+;/t21-,23-,27-,30+;/m0./s1. The fourth-order valence-electron chi connectivity index (χ4n) is 6.94. The lowest BCUT2D eigenvalue weighted by atomic mass is 9.67. The molecule has 3 heterocycles. The first-order valence-corrected chi connectivity index (χ1v) is 13.1. The Balaban J connectivity index is 0.00000336. The topological polar surface area (TPSA) is 68.3 Å². The van der Waals surface area contributed by atoms with Crippen molar-refractivity contribution in [3.05, 3.63) is 71.5 Å². The SMILES string of the molecule is CC[C@H]1CN2CC[C@]3(C(=O)N(Cc4cccc(OC)c4)c4ccccc43)[C@@H]2C[C@@H]1/C(=C\OC)C(=O)OC.Cl. The Morgan fingerprint density at radius 2 is 1.92 bits per heavy atom. The number of carbonyl (C=O) groups excluding carboxylic acids is 2. The quantitative estimate of drug-likeness (QED) is 0.287. The summed E-state index contributed by atoms with van der Waals surface area (Å²) in [6.07, 6.45) is 3.95. The molecule has 1 spiro atoms. The van der Waals surface area contributed by atoms with E-state index in [9.17, 15) is 9.59 Å². The van der Waals surface area contributed by atoms with Crippen molar-refractivity contribution in [2.75, 3.05) is 39.3 Å². The molecule has 0 N–H and O–H groups in total. The van der Waals surface area contributed by atoms with Crippen LogP contribution in [0.15, 0.2) is 60.4 Å². The van der Waals surface area contributed by atoms with Crippen molar-refractivity contribution in [3.63, 3.8) is 0 Å². The van der Waals surface area contributed by atoms with Crippen LogP contribution in [0.5, 0.6) is 5.75 Å². The molecule has 2 saturated heterocycles. The number of carbonyl (C=O) groups is 2. The molecule has 0 aliphatic carbocycles. The molecule has 3 aliphatic heterocycles. The summed E-state index contributed by atoms with van der Waals surface area (Å²) >= 11 is 0. The summed E-state index contributed by atoms with van der Waals surface area (Å²) in [5.41, 5.74) is 3.02. The fourth-order valence-corrected chi connectivity index (χ4v) is 6.94. The number of fused-ring (bicyclic) bond motifs is 4. The summed E-state index contributed by atoms with van der Waals surface area (Å²) in [5.74, 6) is 0.810. The number of para-hydroxylation sites is 1. The number of nitrogens with zero attached hydrogens (tertiary/aromatic N) is 2. The lowest BCUT2D eigenvalue weighted by Gasteiger charge is -2.45. The van der Waals surface area contributed by atoms with Gasteiger partial charge in [-0.1, -0.05) is 43.7 Å². The Kier molecular flexibility index (Phi) is 8.38. The minimum Gasteiger partial charge on any atom is -0.504 e. The van der Waals surface area contributed by atoms with Crippen molar-refractivity contribution < 1.29 is 23.8 Å². The zero-order valence-electron chi connectivity index (χ0n) is 22.5. The molecule has 8 heteroatoms. The summed E-state index contributed by atoms with van der Waals surface area (Å²) in [5, 5.41) is 0. The van der Waals surface area contributed by atoms with Gasteiger partial charge in [-0.25, -0.2) is 4.79 Å². The highest BCUT2D eigenvalue weighted by molar-refractivity contribution is 6.09. The van der Waals surface area contributed by atoms with Gasteiger partial charge in [0.2, 0.25) is 5.91 Å². The summed E-state index contributed by atoms with van der Waals surface area (Å²) in [7, 11) is 4.62. The van der Waals surface area contributed by atoms with E-state index in [1.807, 2.05) is 41.3 Å². The molecule has 0 radical (unpaired) electrons. The van der Waals surface area contributed by atoms with Crippen LogP contribution in [-0.2, 0) is 31.0 Å². The number of halogens is 1. The highest BCUT2D eigenvalue weighted by Crippen LogP contribution is 2.55. The average Bonchev–Trinajstić information content (AvgIpc) is 3.42. The van der Waals surface area contributed by atoms with E-state index in [2.05, 4.69) is 24.0 Å². The zero-order valence-corrected chi connectivity index (χ0v) is 23.3. The van der Waals surface area contributed by atoms with Gasteiger partial charge in [0.15, 0.2) is 0 Å². The third kappa shape index (κ3) is 4.46. The van der Waals surface area contributed by atoms with E-state index >= 15 is 0 Å². The fraction of sp³-hybridized carbons (Fsp3) is 0.467. The molecular formula is C30H37ClN2O5. The Bertz CT molecular complexity index is 1220. The molecule has 204 valence electrons. The number of rotatable bonds is 7. The largest absolute Gasteiger partial charge is 0.504 e. The van der Waals surface area contributed by atoms with E-state index in [0.29, 0.717) is 18.5 Å². The van der Waals surface area contributed by atoms with Gasteiger partial charge in [-0.15, -0.1) is 12.4 Å². The molecule has 0 aromatic heterocycles. The molecule has 2 fully saturated rings. The second-order valence-electron chi connectivity index (χ2n) is 10.3. The monoisotopic (exact) mass is 540 g/mol. The maximum absolute atomic E-state index is 14.5. The number of ether oxygens (including phenoxy) is 3. The van der Waals surface area contributed by atoms with Crippen molar-refractivity contribution in [2.45, 2.75) is 44.2 Å². The number of methoxy groups -OCH3 is 3. The van der Waals surface area contributed by atoms with Crippen LogP contribution in [0.1, 0.15) is 37.3 Å². The molecule has 0 saturated carbocycles. The van der Waals surface area contributed by atoms with Crippen LogP contribution in [0.4, 0.5) is 5.69 Å². The van der Waals surface area contributed by atoms with Crippen molar-refractivity contribution in [1.82, 2.24) is 4.90 Å². The molecule has 4 atom stereocenters. The highest BCUT2D eigenvalue weighted by Gasteiger charge is 2.62. The molecule has 0 bridgehead atoms. The molecule has 38 heavy (non-hydrogen) atoms. The third-order valence-electron chi connectivity index (χ3n) is 8.69. The van der Waals surface area contributed by atoms with Gasteiger partial charge in [-0.3, -0.25) is 9.69 Å². The van der Waals surface area contributed by atoms with Gasteiger partial charge in [-0.05, 0) is 60.5 Å². The number of anilines is 1. The molecule has 3 aliphatic rings. The van der Waals surface area contributed by atoms with E-state index in [0.717, 1.165) is 48.5 Å². The van der Waals surface area contributed by atoms with Gasteiger partial charge in [0.25, 0.3) is 0 Å². The number of hydrogen-bond acceptors (Lipinski definition) is 6. The predicted molar refractivity (Wildman–Crippen MR) is 149 cm³/mol. The van der Waals surface area contributed by atoms with E-state index in [1.54, 1.807) is 14.2 Å². The first-order chi connectivity index (χ1) is 18.0. The number of hydrogen-bond donors (Lipinski definition) is 0. The van der Waals surface area contributed by atoms with E-state index in [1.165, 1.54) is 13.4 Å². The predicted octanol–water partition coefficient (Wildman–Crippen LogP) is 4.73. The van der Waals surface area contributed by atoms with Gasteiger partial charge in [0, 0.05) is 18.3 Å². The molecule has 2 aromatic rings.